The van der Waals surface area contributed by atoms with Crippen LogP contribution in [0.4, 0.5) is 0 Å². The zero-order chi connectivity index (χ0) is 25.2. The highest BCUT2D eigenvalue weighted by atomic mass is 79.9. The third-order valence-electron chi connectivity index (χ3n) is 6.02. The third kappa shape index (κ3) is 7.10. The van der Waals surface area contributed by atoms with Gasteiger partial charge >= 0.3 is 0 Å². The standard InChI is InChI=1S/C29H32BrN3O3/c1-35-24-12-8-13-25(21-24)36-19-9-18-33-27-15-5-4-14-26(27)32-28(33)16-3-2-6-17-31-29(34)22-10-7-11-23(30)20-22/h4-5,7-8,10-15,20-21H,2-3,6,9,16-19H2,1H3,(H,31,34). The third-order valence-corrected chi connectivity index (χ3v) is 6.51. The van der Waals surface area contributed by atoms with Gasteiger partial charge in [0.05, 0.1) is 24.8 Å². The number of methoxy groups -OCH3 is 1. The minimum absolute atomic E-state index is 0.0331. The van der Waals surface area contributed by atoms with Crippen molar-refractivity contribution < 1.29 is 14.3 Å². The Hall–Kier alpha value is -3.32. The van der Waals surface area contributed by atoms with Crippen molar-refractivity contribution in [1.82, 2.24) is 14.9 Å². The summed E-state index contributed by atoms with van der Waals surface area (Å²) in [6.07, 6.45) is 4.78. The summed E-state index contributed by atoms with van der Waals surface area (Å²) in [5, 5.41) is 3.01. The number of aromatic nitrogens is 2. The number of para-hydroxylation sites is 2. The van der Waals surface area contributed by atoms with E-state index < -0.39 is 0 Å². The molecule has 0 aliphatic heterocycles. The van der Waals surface area contributed by atoms with Crippen LogP contribution in [0.3, 0.4) is 0 Å². The van der Waals surface area contributed by atoms with E-state index in [0.29, 0.717) is 18.7 Å². The van der Waals surface area contributed by atoms with Gasteiger partial charge in [0.2, 0.25) is 0 Å². The van der Waals surface area contributed by atoms with Crippen LogP contribution in [0, 0.1) is 0 Å². The van der Waals surface area contributed by atoms with Crippen molar-refractivity contribution in [2.24, 2.45) is 0 Å². The predicted octanol–water partition coefficient (Wildman–Crippen LogP) is 6.42. The van der Waals surface area contributed by atoms with Gasteiger partial charge in [-0.2, -0.15) is 0 Å². The Bertz CT molecular complexity index is 1290. The molecule has 1 N–H and O–H groups in total. The molecule has 7 heteroatoms. The van der Waals surface area contributed by atoms with Gasteiger partial charge in [-0.15, -0.1) is 0 Å². The number of fused-ring (bicyclic) bond motifs is 1. The molecule has 0 atom stereocenters. The number of halogens is 1. The summed E-state index contributed by atoms with van der Waals surface area (Å²) in [7, 11) is 1.66. The lowest BCUT2D eigenvalue weighted by Gasteiger charge is -2.11. The molecule has 0 unspecified atom stereocenters. The Balaban J connectivity index is 1.24. The van der Waals surface area contributed by atoms with E-state index in [1.54, 1.807) is 7.11 Å². The van der Waals surface area contributed by atoms with Crippen LogP contribution in [-0.2, 0) is 13.0 Å². The highest BCUT2D eigenvalue weighted by Gasteiger charge is 2.11. The number of nitrogens with one attached hydrogen (secondary N) is 1. The van der Waals surface area contributed by atoms with Gasteiger partial charge in [-0.05, 0) is 61.7 Å². The summed E-state index contributed by atoms with van der Waals surface area (Å²) in [4.78, 5) is 17.2. The van der Waals surface area contributed by atoms with Crippen LogP contribution < -0.4 is 14.8 Å². The monoisotopic (exact) mass is 549 g/mol. The van der Waals surface area contributed by atoms with Crippen molar-refractivity contribution in [3.63, 3.8) is 0 Å². The minimum Gasteiger partial charge on any atom is -0.497 e. The predicted molar refractivity (Wildman–Crippen MR) is 147 cm³/mol. The van der Waals surface area contributed by atoms with Gasteiger partial charge in [0.25, 0.3) is 5.91 Å². The number of benzene rings is 3. The lowest BCUT2D eigenvalue weighted by molar-refractivity contribution is 0.0953. The summed E-state index contributed by atoms with van der Waals surface area (Å²) < 4.78 is 14.4. The summed E-state index contributed by atoms with van der Waals surface area (Å²) in [6, 6.07) is 23.4. The Kier molecular flexibility index (Phi) is 9.39. The maximum absolute atomic E-state index is 12.3. The molecule has 0 aliphatic carbocycles. The number of imidazole rings is 1. The highest BCUT2D eigenvalue weighted by Crippen LogP contribution is 2.21. The molecule has 3 aromatic carbocycles. The Morgan fingerprint density at radius 2 is 1.78 bits per heavy atom. The van der Waals surface area contributed by atoms with Crippen LogP contribution in [0.15, 0.2) is 77.3 Å². The number of carbonyl (C=O) groups excluding carboxylic acids is 1. The van der Waals surface area contributed by atoms with Crippen molar-refractivity contribution in [2.75, 3.05) is 20.3 Å². The van der Waals surface area contributed by atoms with E-state index in [2.05, 4.69) is 44.0 Å². The van der Waals surface area contributed by atoms with Crippen molar-refractivity contribution in [2.45, 2.75) is 38.6 Å². The van der Waals surface area contributed by atoms with E-state index in [9.17, 15) is 4.79 Å². The van der Waals surface area contributed by atoms with Gasteiger partial charge in [-0.25, -0.2) is 4.98 Å². The summed E-state index contributed by atoms with van der Waals surface area (Å²) in [5.41, 5.74) is 2.87. The molecule has 0 saturated carbocycles. The van der Waals surface area contributed by atoms with Crippen molar-refractivity contribution >= 4 is 32.9 Å². The lowest BCUT2D eigenvalue weighted by atomic mass is 10.1. The molecule has 4 aromatic rings. The number of unbranched alkanes of at least 4 members (excludes halogenated alkanes) is 2. The molecule has 0 radical (unpaired) electrons. The first-order valence-electron chi connectivity index (χ1n) is 12.4. The maximum atomic E-state index is 12.3. The number of aryl methyl sites for hydroxylation is 2. The maximum Gasteiger partial charge on any atom is 0.251 e. The van der Waals surface area contributed by atoms with E-state index >= 15 is 0 Å². The van der Waals surface area contributed by atoms with Gasteiger partial charge in [0.15, 0.2) is 0 Å². The highest BCUT2D eigenvalue weighted by molar-refractivity contribution is 9.10. The molecule has 0 aliphatic rings. The quantitative estimate of drug-likeness (QED) is 0.195. The molecule has 188 valence electrons. The Morgan fingerprint density at radius 1 is 0.944 bits per heavy atom. The van der Waals surface area contributed by atoms with Crippen molar-refractivity contribution in [3.05, 3.63) is 88.7 Å². The molecule has 0 spiro atoms. The molecule has 1 aromatic heterocycles. The van der Waals surface area contributed by atoms with Gasteiger partial charge in [-0.3, -0.25) is 4.79 Å². The second-order valence-corrected chi connectivity index (χ2v) is 9.54. The number of ether oxygens (including phenoxy) is 2. The van der Waals surface area contributed by atoms with E-state index in [0.717, 1.165) is 71.5 Å². The molecular formula is C29H32BrN3O3. The number of rotatable bonds is 13. The van der Waals surface area contributed by atoms with Gasteiger partial charge in [0.1, 0.15) is 17.3 Å². The molecular weight excluding hydrogens is 518 g/mol. The van der Waals surface area contributed by atoms with E-state index in [-0.39, 0.29) is 5.91 Å². The zero-order valence-corrected chi connectivity index (χ0v) is 22.2. The Labute approximate surface area is 220 Å². The van der Waals surface area contributed by atoms with Crippen LogP contribution in [0.5, 0.6) is 11.5 Å². The minimum atomic E-state index is -0.0331. The molecule has 0 fully saturated rings. The fourth-order valence-corrected chi connectivity index (χ4v) is 4.59. The van der Waals surface area contributed by atoms with Crippen molar-refractivity contribution in [3.8, 4) is 11.5 Å². The average Bonchev–Trinajstić information content (AvgIpc) is 3.25. The summed E-state index contributed by atoms with van der Waals surface area (Å²) in [6.45, 7) is 2.14. The Morgan fingerprint density at radius 3 is 2.64 bits per heavy atom. The SMILES string of the molecule is COc1cccc(OCCCn2c(CCCCCNC(=O)c3cccc(Br)c3)nc3ccccc32)c1. The number of hydrogen-bond acceptors (Lipinski definition) is 4. The fourth-order valence-electron chi connectivity index (χ4n) is 4.19. The lowest BCUT2D eigenvalue weighted by Crippen LogP contribution is -2.24. The largest absolute Gasteiger partial charge is 0.497 e. The molecule has 4 rings (SSSR count). The van der Waals surface area contributed by atoms with Crippen molar-refractivity contribution in [1.29, 1.82) is 0 Å². The first kappa shape index (κ1) is 25.8. The van der Waals surface area contributed by atoms with Crippen LogP contribution in [0.25, 0.3) is 11.0 Å². The molecule has 1 heterocycles. The topological polar surface area (TPSA) is 65.4 Å². The van der Waals surface area contributed by atoms with Gasteiger partial charge in [-0.1, -0.05) is 46.6 Å². The second-order valence-electron chi connectivity index (χ2n) is 8.63. The number of amides is 1. The van der Waals surface area contributed by atoms with Crippen LogP contribution in [0.2, 0.25) is 0 Å². The first-order chi connectivity index (χ1) is 17.6. The fraction of sp³-hybridized carbons (Fsp3) is 0.310. The van der Waals surface area contributed by atoms with Gasteiger partial charge < -0.3 is 19.4 Å². The summed E-state index contributed by atoms with van der Waals surface area (Å²) >= 11 is 3.41. The molecule has 6 nitrogen and oxygen atoms in total. The number of carbonyl (C=O) groups is 1. The molecule has 36 heavy (non-hydrogen) atoms. The molecule has 0 saturated heterocycles. The summed E-state index contributed by atoms with van der Waals surface area (Å²) in [5.74, 6) is 2.69. The van der Waals surface area contributed by atoms with E-state index in [1.807, 2.05) is 54.6 Å². The van der Waals surface area contributed by atoms with Crippen LogP contribution in [0.1, 0.15) is 41.9 Å². The zero-order valence-electron chi connectivity index (χ0n) is 20.6. The van der Waals surface area contributed by atoms with E-state index in [1.165, 1.54) is 0 Å². The molecule has 1 amide bonds. The average molecular weight is 550 g/mol. The first-order valence-corrected chi connectivity index (χ1v) is 13.2. The van der Waals surface area contributed by atoms with Gasteiger partial charge in [0, 0.05) is 35.6 Å². The van der Waals surface area contributed by atoms with Crippen LogP contribution in [-0.4, -0.2) is 35.7 Å². The number of nitrogens with zero attached hydrogens (tertiary/aromatic N) is 2. The molecule has 0 bridgehead atoms. The number of hydrogen-bond donors (Lipinski definition) is 1. The van der Waals surface area contributed by atoms with E-state index in [4.69, 9.17) is 14.5 Å². The smallest absolute Gasteiger partial charge is 0.251 e. The second kappa shape index (κ2) is 13.1. The normalized spacial score (nSPS) is 10.9. The van der Waals surface area contributed by atoms with Crippen LogP contribution >= 0.6 is 15.9 Å².